The molecule has 0 amide bonds. The van der Waals surface area contributed by atoms with Crippen molar-refractivity contribution < 1.29 is 4.39 Å². The van der Waals surface area contributed by atoms with Crippen LogP contribution in [-0.4, -0.2) is 12.6 Å². The van der Waals surface area contributed by atoms with E-state index in [9.17, 15) is 4.39 Å². The summed E-state index contributed by atoms with van der Waals surface area (Å²) in [7, 11) is 1.86. The lowest BCUT2D eigenvalue weighted by atomic mass is 9.94. The summed E-state index contributed by atoms with van der Waals surface area (Å²) in [6.07, 6.45) is 3.17. The molecule has 0 bridgehead atoms. The third-order valence-corrected chi connectivity index (χ3v) is 3.49. The number of benzene rings is 1. The standard InChI is InChI=1S/C15H21FN2/c1-5-6-10-15(2,3)18(4)14-12(11-17)8-7-9-13(14)16/h7-9H,5-6,10H2,1-4H3. The van der Waals surface area contributed by atoms with Gasteiger partial charge < -0.3 is 4.90 Å². The summed E-state index contributed by atoms with van der Waals surface area (Å²) >= 11 is 0. The van der Waals surface area contributed by atoms with Gasteiger partial charge >= 0.3 is 0 Å². The molecule has 0 atom stereocenters. The minimum atomic E-state index is -0.332. The average Bonchev–Trinajstić information content (AvgIpc) is 2.35. The largest absolute Gasteiger partial charge is 0.366 e. The number of unbranched alkanes of at least 4 members (excludes halogenated alkanes) is 1. The molecule has 1 rings (SSSR count). The molecule has 0 N–H and O–H groups in total. The van der Waals surface area contributed by atoms with E-state index in [1.54, 1.807) is 12.1 Å². The van der Waals surface area contributed by atoms with Gasteiger partial charge in [-0.1, -0.05) is 25.8 Å². The molecule has 2 nitrogen and oxygen atoms in total. The van der Waals surface area contributed by atoms with E-state index >= 15 is 0 Å². The molecule has 0 unspecified atom stereocenters. The Morgan fingerprint density at radius 2 is 2.06 bits per heavy atom. The van der Waals surface area contributed by atoms with Gasteiger partial charge in [0.05, 0.1) is 11.3 Å². The first kappa shape index (κ1) is 14.5. The Kier molecular flexibility index (Phi) is 4.72. The van der Waals surface area contributed by atoms with Crippen molar-refractivity contribution >= 4 is 5.69 Å². The lowest BCUT2D eigenvalue weighted by Crippen LogP contribution is -2.42. The summed E-state index contributed by atoms with van der Waals surface area (Å²) in [6, 6.07) is 6.70. The highest BCUT2D eigenvalue weighted by molar-refractivity contribution is 5.61. The van der Waals surface area contributed by atoms with Crippen molar-refractivity contribution in [3.05, 3.63) is 29.6 Å². The monoisotopic (exact) mass is 248 g/mol. The maximum absolute atomic E-state index is 13.9. The summed E-state index contributed by atoms with van der Waals surface area (Å²) in [5.41, 5.74) is 0.632. The Labute approximate surface area is 109 Å². The highest BCUT2D eigenvalue weighted by atomic mass is 19.1. The van der Waals surface area contributed by atoms with E-state index in [2.05, 4.69) is 26.8 Å². The average molecular weight is 248 g/mol. The van der Waals surface area contributed by atoms with Gasteiger partial charge in [-0.05, 0) is 32.4 Å². The number of nitrogens with zero attached hydrogens (tertiary/aromatic N) is 2. The molecule has 1 aromatic carbocycles. The fourth-order valence-corrected chi connectivity index (χ4v) is 2.03. The fourth-order valence-electron chi connectivity index (χ4n) is 2.03. The van der Waals surface area contributed by atoms with Crippen LogP contribution in [0.4, 0.5) is 10.1 Å². The molecule has 98 valence electrons. The van der Waals surface area contributed by atoms with E-state index in [-0.39, 0.29) is 11.4 Å². The number of para-hydroxylation sites is 1. The van der Waals surface area contributed by atoms with Crippen molar-refractivity contribution in [2.75, 3.05) is 11.9 Å². The van der Waals surface area contributed by atoms with Gasteiger partial charge in [-0.15, -0.1) is 0 Å². The molecule has 0 aromatic heterocycles. The Balaban J connectivity index is 3.10. The van der Waals surface area contributed by atoms with Gasteiger partial charge in [-0.25, -0.2) is 4.39 Å². The zero-order valence-electron chi connectivity index (χ0n) is 11.6. The van der Waals surface area contributed by atoms with Crippen LogP contribution >= 0.6 is 0 Å². The summed E-state index contributed by atoms with van der Waals surface area (Å²) in [4.78, 5) is 1.89. The first-order valence-corrected chi connectivity index (χ1v) is 6.36. The number of nitriles is 1. The minimum absolute atomic E-state index is 0.163. The second kappa shape index (κ2) is 5.86. The highest BCUT2D eigenvalue weighted by Crippen LogP contribution is 2.31. The number of halogens is 1. The summed E-state index contributed by atoms with van der Waals surface area (Å²) in [5, 5.41) is 9.09. The van der Waals surface area contributed by atoms with Gasteiger partial charge in [-0.2, -0.15) is 5.26 Å². The molecule has 3 heteroatoms. The van der Waals surface area contributed by atoms with Crippen molar-refractivity contribution in [1.29, 1.82) is 5.26 Å². The number of rotatable bonds is 5. The predicted octanol–water partition coefficient (Wildman–Crippen LogP) is 4.10. The maximum atomic E-state index is 13.9. The van der Waals surface area contributed by atoms with Crippen molar-refractivity contribution in [3.8, 4) is 6.07 Å². The Morgan fingerprint density at radius 1 is 1.39 bits per heavy atom. The second-order valence-corrected chi connectivity index (χ2v) is 5.22. The Bertz CT molecular complexity index is 446. The number of anilines is 1. The van der Waals surface area contributed by atoms with Crippen LogP contribution in [0.3, 0.4) is 0 Å². The zero-order valence-corrected chi connectivity index (χ0v) is 11.6. The molecule has 0 spiro atoms. The first-order valence-electron chi connectivity index (χ1n) is 6.36. The second-order valence-electron chi connectivity index (χ2n) is 5.22. The third kappa shape index (κ3) is 3.01. The van der Waals surface area contributed by atoms with E-state index in [1.165, 1.54) is 6.07 Å². The normalized spacial score (nSPS) is 11.1. The molecular formula is C15H21FN2. The summed E-state index contributed by atoms with van der Waals surface area (Å²) < 4.78 is 13.9. The van der Waals surface area contributed by atoms with E-state index < -0.39 is 0 Å². The topological polar surface area (TPSA) is 27.0 Å². The molecule has 0 saturated heterocycles. The van der Waals surface area contributed by atoms with Crippen LogP contribution in [0.25, 0.3) is 0 Å². The molecule has 0 aliphatic heterocycles. The van der Waals surface area contributed by atoms with Gasteiger partial charge in [0.2, 0.25) is 0 Å². The SMILES string of the molecule is CCCCC(C)(C)N(C)c1c(F)cccc1C#N. The molecule has 18 heavy (non-hydrogen) atoms. The lowest BCUT2D eigenvalue weighted by molar-refractivity contribution is 0.426. The Morgan fingerprint density at radius 3 is 2.61 bits per heavy atom. The summed E-state index contributed by atoms with van der Waals surface area (Å²) in [5.74, 6) is -0.332. The van der Waals surface area contributed by atoms with Gasteiger partial charge in [0.1, 0.15) is 11.9 Å². The molecule has 0 saturated carbocycles. The third-order valence-electron chi connectivity index (χ3n) is 3.49. The molecule has 0 aliphatic rings. The molecule has 0 fully saturated rings. The maximum Gasteiger partial charge on any atom is 0.147 e. The van der Waals surface area contributed by atoms with Crippen molar-refractivity contribution in [3.63, 3.8) is 0 Å². The van der Waals surface area contributed by atoms with E-state index in [4.69, 9.17) is 5.26 Å². The minimum Gasteiger partial charge on any atom is -0.366 e. The van der Waals surface area contributed by atoms with Crippen molar-refractivity contribution in [1.82, 2.24) is 0 Å². The Hall–Kier alpha value is -1.56. The van der Waals surface area contributed by atoms with Crippen LogP contribution in [0, 0.1) is 17.1 Å². The van der Waals surface area contributed by atoms with Crippen LogP contribution < -0.4 is 4.90 Å². The van der Waals surface area contributed by atoms with Crippen molar-refractivity contribution in [2.45, 2.75) is 45.6 Å². The predicted molar refractivity (Wildman–Crippen MR) is 73.1 cm³/mol. The number of hydrogen-bond donors (Lipinski definition) is 0. The van der Waals surface area contributed by atoms with E-state index in [0.717, 1.165) is 19.3 Å². The van der Waals surface area contributed by atoms with Crippen molar-refractivity contribution in [2.24, 2.45) is 0 Å². The molecular weight excluding hydrogens is 227 g/mol. The highest BCUT2D eigenvalue weighted by Gasteiger charge is 2.26. The van der Waals surface area contributed by atoms with Gasteiger partial charge in [-0.3, -0.25) is 0 Å². The van der Waals surface area contributed by atoms with Crippen LogP contribution in [0.5, 0.6) is 0 Å². The molecule has 0 radical (unpaired) electrons. The van der Waals surface area contributed by atoms with E-state index in [0.29, 0.717) is 11.3 Å². The smallest absolute Gasteiger partial charge is 0.147 e. The fraction of sp³-hybridized carbons (Fsp3) is 0.533. The van der Waals surface area contributed by atoms with Crippen LogP contribution in [0.1, 0.15) is 45.6 Å². The molecule has 0 heterocycles. The van der Waals surface area contributed by atoms with Crippen LogP contribution in [-0.2, 0) is 0 Å². The van der Waals surface area contributed by atoms with Crippen LogP contribution in [0.2, 0.25) is 0 Å². The van der Waals surface area contributed by atoms with Gasteiger partial charge in [0, 0.05) is 12.6 Å². The first-order chi connectivity index (χ1) is 8.44. The van der Waals surface area contributed by atoms with Gasteiger partial charge in [0.15, 0.2) is 0 Å². The zero-order chi connectivity index (χ0) is 13.8. The molecule has 0 aliphatic carbocycles. The number of hydrogen-bond acceptors (Lipinski definition) is 2. The van der Waals surface area contributed by atoms with E-state index in [1.807, 2.05) is 11.9 Å². The molecule has 1 aromatic rings. The summed E-state index contributed by atoms with van der Waals surface area (Å²) in [6.45, 7) is 6.30. The lowest BCUT2D eigenvalue weighted by Gasteiger charge is -2.38. The van der Waals surface area contributed by atoms with Gasteiger partial charge in [0.25, 0.3) is 0 Å². The quantitative estimate of drug-likeness (QED) is 0.784. The van der Waals surface area contributed by atoms with Crippen LogP contribution in [0.15, 0.2) is 18.2 Å².